The molecule has 0 aliphatic carbocycles. The zero-order chi connectivity index (χ0) is 11.4. The van der Waals surface area contributed by atoms with Crippen molar-refractivity contribution in [3.8, 4) is 0 Å². The molecule has 0 saturated heterocycles. The van der Waals surface area contributed by atoms with Gasteiger partial charge in [-0.1, -0.05) is 26.2 Å². The Morgan fingerprint density at radius 2 is 2.00 bits per heavy atom. The van der Waals surface area contributed by atoms with Crippen LogP contribution in [0.15, 0.2) is 0 Å². The van der Waals surface area contributed by atoms with Gasteiger partial charge in [-0.05, 0) is 13.5 Å². The standard InChI is InChI=1S/C11H24N2O2/c1-3-4-5-6-8-15-9-7-13-11(14)10-12-2/h12H,3-10H2,1-2H3,(H,13,14). The summed E-state index contributed by atoms with van der Waals surface area (Å²) >= 11 is 0. The average Bonchev–Trinajstić information content (AvgIpc) is 2.22. The van der Waals surface area contributed by atoms with Crippen molar-refractivity contribution < 1.29 is 9.53 Å². The molecule has 1 amide bonds. The first-order chi connectivity index (χ1) is 7.31. The van der Waals surface area contributed by atoms with Gasteiger partial charge < -0.3 is 15.4 Å². The molecule has 0 saturated carbocycles. The third kappa shape index (κ3) is 11.3. The first-order valence-corrected chi connectivity index (χ1v) is 5.80. The van der Waals surface area contributed by atoms with E-state index in [2.05, 4.69) is 17.6 Å². The summed E-state index contributed by atoms with van der Waals surface area (Å²) in [7, 11) is 1.75. The van der Waals surface area contributed by atoms with Crippen LogP contribution in [-0.4, -0.2) is 39.3 Å². The Morgan fingerprint density at radius 3 is 2.67 bits per heavy atom. The molecule has 0 bridgehead atoms. The van der Waals surface area contributed by atoms with Crippen LogP contribution in [-0.2, 0) is 9.53 Å². The molecule has 0 aliphatic heterocycles. The number of likely N-dealkylation sites (N-methyl/N-ethyl adjacent to an activating group) is 1. The lowest BCUT2D eigenvalue weighted by atomic mass is 10.2. The van der Waals surface area contributed by atoms with Crippen molar-refractivity contribution in [3.63, 3.8) is 0 Å². The van der Waals surface area contributed by atoms with E-state index in [0.29, 0.717) is 19.7 Å². The molecule has 0 rings (SSSR count). The van der Waals surface area contributed by atoms with Crippen molar-refractivity contribution in [2.24, 2.45) is 0 Å². The van der Waals surface area contributed by atoms with Crippen LogP contribution in [0.5, 0.6) is 0 Å². The van der Waals surface area contributed by atoms with Crippen LogP contribution in [0.25, 0.3) is 0 Å². The molecule has 0 heterocycles. The van der Waals surface area contributed by atoms with Crippen LogP contribution in [0.2, 0.25) is 0 Å². The number of nitrogens with one attached hydrogen (secondary N) is 2. The van der Waals surface area contributed by atoms with Gasteiger partial charge in [0.05, 0.1) is 13.2 Å². The summed E-state index contributed by atoms with van der Waals surface area (Å²) in [6.07, 6.45) is 4.89. The van der Waals surface area contributed by atoms with E-state index in [1.165, 1.54) is 19.3 Å². The van der Waals surface area contributed by atoms with Crippen LogP contribution < -0.4 is 10.6 Å². The van der Waals surface area contributed by atoms with Crippen molar-refractivity contribution in [2.45, 2.75) is 32.6 Å². The summed E-state index contributed by atoms with van der Waals surface area (Å²) < 4.78 is 5.37. The molecule has 2 N–H and O–H groups in total. The number of hydrogen-bond acceptors (Lipinski definition) is 3. The summed E-state index contributed by atoms with van der Waals surface area (Å²) in [6.45, 7) is 4.59. The normalized spacial score (nSPS) is 10.3. The van der Waals surface area contributed by atoms with Gasteiger partial charge in [-0.2, -0.15) is 0 Å². The molecule has 4 nitrogen and oxygen atoms in total. The van der Waals surface area contributed by atoms with Crippen LogP contribution in [0, 0.1) is 0 Å². The number of carbonyl (C=O) groups excluding carboxylic acids is 1. The molecule has 0 spiro atoms. The maximum Gasteiger partial charge on any atom is 0.234 e. The van der Waals surface area contributed by atoms with Crippen molar-refractivity contribution in [1.29, 1.82) is 0 Å². The van der Waals surface area contributed by atoms with Crippen molar-refractivity contribution >= 4 is 5.91 Å². The second-order valence-electron chi connectivity index (χ2n) is 3.55. The highest BCUT2D eigenvalue weighted by molar-refractivity contribution is 5.77. The van der Waals surface area contributed by atoms with Crippen molar-refractivity contribution in [2.75, 3.05) is 33.4 Å². The fraction of sp³-hybridized carbons (Fsp3) is 0.909. The SMILES string of the molecule is CCCCCCOCCNC(=O)CNC. The summed E-state index contributed by atoms with van der Waals surface area (Å²) in [4.78, 5) is 11.0. The minimum atomic E-state index is 0.0204. The maximum absolute atomic E-state index is 11.0. The molecule has 4 heteroatoms. The van der Waals surface area contributed by atoms with Gasteiger partial charge in [-0.3, -0.25) is 4.79 Å². The molecule has 0 unspecified atom stereocenters. The van der Waals surface area contributed by atoms with Gasteiger partial charge in [-0.25, -0.2) is 0 Å². The van der Waals surface area contributed by atoms with E-state index in [-0.39, 0.29) is 5.91 Å². The van der Waals surface area contributed by atoms with E-state index in [1.54, 1.807) is 7.05 Å². The van der Waals surface area contributed by atoms with Crippen LogP contribution in [0.4, 0.5) is 0 Å². The number of hydrogen-bond donors (Lipinski definition) is 2. The minimum absolute atomic E-state index is 0.0204. The van der Waals surface area contributed by atoms with Gasteiger partial charge >= 0.3 is 0 Å². The van der Waals surface area contributed by atoms with Gasteiger partial charge in [0.1, 0.15) is 0 Å². The van der Waals surface area contributed by atoms with E-state index < -0.39 is 0 Å². The Hall–Kier alpha value is -0.610. The Morgan fingerprint density at radius 1 is 1.20 bits per heavy atom. The first-order valence-electron chi connectivity index (χ1n) is 5.80. The van der Waals surface area contributed by atoms with Crippen LogP contribution in [0.1, 0.15) is 32.6 Å². The van der Waals surface area contributed by atoms with Crippen LogP contribution in [0.3, 0.4) is 0 Å². The highest BCUT2D eigenvalue weighted by Crippen LogP contribution is 1.98. The Kier molecular flexibility index (Phi) is 11.0. The van der Waals surface area contributed by atoms with Gasteiger partial charge in [0.15, 0.2) is 0 Å². The zero-order valence-corrected chi connectivity index (χ0v) is 9.97. The zero-order valence-electron chi connectivity index (χ0n) is 9.97. The molecule has 0 fully saturated rings. The number of rotatable bonds is 10. The van der Waals surface area contributed by atoms with Crippen molar-refractivity contribution in [1.82, 2.24) is 10.6 Å². The lowest BCUT2D eigenvalue weighted by molar-refractivity contribution is -0.120. The summed E-state index contributed by atoms with van der Waals surface area (Å²) in [5.74, 6) is 0.0204. The smallest absolute Gasteiger partial charge is 0.234 e. The van der Waals surface area contributed by atoms with E-state index in [1.807, 2.05) is 0 Å². The van der Waals surface area contributed by atoms with Gasteiger partial charge in [0.2, 0.25) is 5.91 Å². The second kappa shape index (κ2) is 11.5. The van der Waals surface area contributed by atoms with Gasteiger partial charge in [0, 0.05) is 13.2 Å². The third-order valence-electron chi connectivity index (χ3n) is 2.05. The number of carbonyl (C=O) groups is 1. The Bertz CT molecular complexity index is 152. The van der Waals surface area contributed by atoms with E-state index in [9.17, 15) is 4.79 Å². The quantitative estimate of drug-likeness (QED) is 0.534. The fourth-order valence-corrected chi connectivity index (χ4v) is 1.22. The largest absolute Gasteiger partial charge is 0.380 e. The molecular formula is C11H24N2O2. The molecule has 0 aromatic carbocycles. The first kappa shape index (κ1) is 14.4. The van der Waals surface area contributed by atoms with E-state index in [4.69, 9.17) is 4.74 Å². The number of ether oxygens (including phenoxy) is 1. The third-order valence-corrected chi connectivity index (χ3v) is 2.05. The molecule has 15 heavy (non-hydrogen) atoms. The van der Waals surface area contributed by atoms with Crippen molar-refractivity contribution in [3.05, 3.63) is 0 Å². The Labute approximate surface area is 92.8 Å². The highest BCUT2D eigenvalue weighted by atomic mass is 16.5. The maximum atomic E-state index is 11.0. The highest BCUT2D eigenvalue weighted by Gasteiger charge is 1.96. The summed E-state index contributed by atoms with van der Waals surface area (Å²) in [6, 6.07) is 0. The Balaban J connectivity index is 3.01. The topological polar surface area (TPSA) is 50.4 Å². The molecule has 0 aromatic heterocycles. The van der Waals surface area contributed by atoms with Crippen LogP contribution >= 0.6 is 0 Å². The molecule has 0 radical (unpaired) electrons. The average molecular weight is 216 g/mol. The molecular weight excluding hydrogens is 192 g/mol. The number of amides is 1. The predicted octanol–water partition coefficient (Wildman–Crippen LogP) is 0.919. The second-order valence-corrected chi connectivity index (χ2v) is 3.55. The lowest BCUT2D eigenvalue weighted by Crippen LogP contribution is -2.34. The van der Waals surface area contributed by atoms with Gasteiger partial charge in [0.25, 0.3) is 0 Å². The van der Waals surface area contributed by atoms with Gasteiger partial charge in [-0.15, -0.1) is 0 Å². The molecule has 0 aliphatic rings. The molecule has 0 aromatic rings. The molecule has 0 atom stereocenters. The van der Waals surface area contributed by atoms with E-state index >= 15 is 0 Å². The fourth-order valence-electron chi connectivity index (χ4n) is 1.22. The van der Waals surface area contributed by atoms with E-state index in [0.717, 1.165) is 13.0 Å². The molecule has 90 valence electrons. The summed E-state index contributed by atoms with van der Waals surface area (Å²) in [5, 5.41) is 5.55. The predicted molar refractivity (Wildman–Crippen MR) is 61.9 cm³/mol. The number of unbranched alkanes of at least 4 members (excludes halogenated alkanes) is 3. The minimum Gasteiger partial charge on any atom is -0.380 e. The monoisotopic (exact) mass is 216 g/mol. The summed E-state index contributed by atoms with van der Waals surface area (Å²) in [5.41, 5.74) is 0. The lowest BCUT2D eigenvalue weighted by Gasteiger charge is -2.05.